The zero-order valence-corrected chi connectivity index (χ0v) is 11.8. The van der Waals surface area contributed by atoms with Crippen molar-refractivity contribution in [3.8, 4) is 0 Å². The molecule has 0 heterocycles. The molecule has 4 nitrogen and oxygen atoms in total. The van der Waals surface area contributed by atoms with Gasteiger partial charge >= 0.3 is 0 Å². The summed E-state index contributed by atoms with van der Waals surface area (Å²) in [5.74, 6) is 0. The van der Waals surface area contributed by atoms with Crippen molar-refractivity contribution in [1.29, 1.82) is 0 Å². The molecule has 0 aromatic heterocycles. The van der Waals surface area contributed by atoms with Crippen LogP contribution in [0, 0.1) is 0 Å². The molecule has 1 atom stereocenters. The van der Waals surface area contributed by atoms with Crippen LogP contribution in [0.3, 0.4) is 0 Å². The summed E-state index contributed by atoms with van der Waals surface area (Å²) in [5, 5.41) is 8.06. The molecule has 0 bridgehead atoms. The van der Waals surface area contributed by atoms with Crippen LogP contribution in [0.5, 0.6) is 0 Å². The zero-order chi connectivity index (χ0) is 13.0. The fraction of sp³-hybridized carbons (Fsp3) is 1.00. The van der Waals surface area contributed by atoms with Gasteiger partial charge in [0.2, 0.25) is 0 Å². The predicted octanol–water partition coefficient (Wildman–Crippen LogP) is 3.95. The molecule has 1 unspecified atom stereocenters. The first-order valence-corrected chi connectivity index (χ1v) is 8.48. The number of unbranched alkanes of at least 4 members (excludes halogenated alkanes) is 9. The second kappa shape index (κ2) is 11.2. The van der Waals surface area contributed by atoms with Crippen molar-refractivity contribution in [2.75, 3.05) is 6.16 Å². The summed E-state index contributed by atoms with van der Waals surface area (Å²) in [6.45, 7) is 2.21. The van der Waals surface area contributed by atoms with Crippen LogP contribution in [0.25, 0.3) is 0 Å². The maximum Gasteiger partial charge on any atom is 0.172 e. The van der Waals surface area contributed by atoms with Crippen molar-refractivity contribution in [2.24, 2.45) is 0 Å². The van der Waals surface area contributed by atoms with Crippen molar-refractivity contribution in [3.05, 3.63) is 0 Å². The number of hydrogen-bond donors (Lipinski definition) is 1. The van der Waals surface area contributed by atoms with Crippen molar-refractivity contribution in [2.45, 2.75) is 71.1 Å². The summed E-state index contributed by atoms with van der Waals surface area (Å²) in [7, 11) is -3.94. The molecule has 17 heavy (non-hydrogen) atoms. The molecule has 0 aromatic carbocycles. The molecule has 0 fully saturated rings. The van der Waals surface area contributed by atoms with Gasteiger partial charge in [-0.25, -0.2) is 5.26 Å². The second-order valence-electron chi connectivity index (χ2n) is 4.60. The average molecular weight is 265 g/mol. The summed E-state index contributed by atoms with van der Waals surface area (Å²) in [5.41, 5.74) is 0. The standard InChI is InChI=1S/C12H27O4P/c1-2-3-4-5-6-7-8-9-10-11-12-17(14,15)16-13/h13H,2-12H2,1H3,(H,14,15)/p-1. The molecule has 0 saturated heterocycles. The molecule has 0 rings (SSSR count). The van der Waals surface area contributed by atoms with Gasteiger partial charge in [-0.2, -0.15) is 4.67 Å². The van der Waals surface area contributed by atoms with E-state index in [0.717, 1.165) is 12.8 Å². The molecular weight excluding hydrogens is 239 g/mol. The van der Waals surface area contributed by atoms with Gasteiger partial charge in [0.05, 0.1) is 0 Å². The van der Waals surface area contributed by atoms with E-state index in [-0.39, 0.29) is 6.16 Å². The lowest BCUT2D eigenvalue weighted by Gasteiger charge is -2.17. The van der Waals surface area contributed by atoms with Gasteiger partial charge in [0.1, 0.15) is 0 Å². The minimum absolute atomic E-state index is 0.0556. The van der Waals surface area contributed by atoms with Gasteiger partial charge in [0.25, 0.3) is 0 Å². The van der Waals surface area contributed by atoms with Crippen LogP contribution >= 0.6 is 7.60 Å². The third kappa shape index (κ3) is 12.4. The van der Waals surface area contributed by atoms with Crippen molar-refractivity contribution in [3.63, 3.8) is 0 Å². The molecule has 104 valence electrons. The minimum Gasteiger partial charge on any atom is -0.776 e. The molecule has 0 radical (unpaired) electrons. The monoisotopic (exact) mass is 265 g/mol. The van der Waals surface area contributed by atoms with Crippen LogP contribution in [0.2, 0.25) is 0 Å². The SMILES string of the molecule is CCCCCCCCCCCCP(=O)([O-])OO. The highest BCUT2D eigenvalue weighted by molar-refractivity contribution is 7.51. The van der Waals surface area contributed by atoms with Crippen LogP contribution in [0.15, 0.2) is 0 Å². The summed E-state index contributed by atoms with van der Waals surface area (Å²) in [6, 6.07) is 0. The lowest BCUT2D eigenvalue weighted by atomic mass is 10.1. The Balaban J connectivity index is 3.11. The summed E-state index contributed by atoms with van der Waals surface area (Å²) < 4.78 is 14.2. The first-order chi connectivity index (χ1) is 8.12. The Morgan fingerprint density at radius 1 is 0.941 bits per heavy atom. The Kier molecular flexibility index (Phi) is 11.3. The molecule has 0 saturated carbocycles. The fourth-order valence-electron chi connectivity index (χ4n) is 1.83. The topological polar surface area (TPSA) is 69.6 Å². The largest absolute Gasteiger partial charge is 0.776 e. The Hall–Kier alpha value is 0.110. The molecule has 1 N–H and O–H groups in total. The van der Waals surface area contributed by atoms with Gasteiger partial charge in [-0.05, 0) is 6.42 Å². The molecule has 0 amide bonds. The van der Waals surface area contributed by atoms with E-state index in [9.17, 15) is 9.46 Å². The van der Waals surface area contributed by atoms with E-state index in [4.69, 9.17) is 5.26 Å². The number of hydrogen-bond acceptors (Lipinski definition) is 4. The zero-order valence-electron chi connectivity index (χ0n) is 10.9. The fourth-order valence-corrected chi connectivity index (χ4v) is 2.53. The highest BCUT2D eigenvalue weighted by atomic mass is 31.2. The molecule has 0 spiro atoms. The third-order valence-electron chi connectivity index (χ3n) is 2.91. The van der Waals surface area contributed by atoms with Crippen LogP contribution in [0.4, 0.5) is 0 Å². The first kappa shape index (κ1) is 17.1. The maximum atomic E-state index is 10.8. The van der Waals surface area contributed by atoms with Gasteiger partial charge in [-0.3, -0.25) is 0 Å². The molecular formula is C12H26O4P-. The van der Waals surface area contributed by atoms with E-state index in [2.05, 4.69) is 11.6 Å². The van der Waals surface area contributed by atoms with E-state index in [1.54, 1.807) is 0 Å². The van der Waals surface area contributed by atoms with Gasteiger partial charge in [0.15, 0.2) is 7.60 Å². The van der Waals surface area contributed by atoms with E-state index in [1.807, 2.05) is 0 Å². The molecule has 5 heteroatoms. The first-order valence-electron chi connectivity index (χ1n) is 6.75. The summed E-state index contributed by atoms with van der Waals surface area (Å²) in [4.78, 5) is 10.8. The highest BCUT2D eigenvalue weighted by Gasteiger charge is 2.06. The highest BCUT2D eigenvalue weighted by Crippen LogP contribution is 2.36. The smallest absolute Gasteiger partial charge is 0.172 e. The van der Waals surface area contributed by atoms with E-state index >= 15 is 0 Å². The van der Waals surface area contributed by atoms with Crippen molar-refractivity contribution in [1.82, 2.24) is 0 Å². The lowest BCUT2D eigenvalue weighted by molar-refractivity contribution is -0.258. The van der Waals surface area contributed by atoms with Gasteiger partial charge in [-0.1, -0.05) is 64.7 Å². The molecule has 0 aliphatic carbocycles. The van der Waals surface area contributed by atoms with Crippen LogP contribution in [-0.4, -0.2) is 11.4 Å². The average Bonchev–Trinajstić information content (AvgIpc) is 2.31. The summed E-state index contributed by atoms with van der Waals surface area (Å²) >= 11 is 0. The van der Waals surface area contributed by atoms with Gasteiger partial charge in [0, 0.05) is 6.16 Å². The predicted molar refractivity (Wildman–Crippen MR) is 68.0 cm³/mol. The van der Waals surface area contributed by atoms with Crippen LogP contribution < -0.4 is 4.89 Å². The van der Waals surface area contributed by atoms with Gasteiger partial charge in [-0.15, -0.1) is 0 Å². The van der Waals surface area contributed by atoms with E-state index < -0.39 is 7.60 Å². The Morgan fingerprint density at radius 3 is 1.76 bits per heavy atom. The van der Waals surface area contributed by atoms with E-state index in [1.165, 1.54) is 44.9 Å². The van der Waals surface area contributed by atoms with Gasteiger partial charge < -0.3 is 9.46 Å². The number of rotatable bonds is 12. The van der Waals surface area contributed by atoms with Crippen molar-refractivity contribution < 1.29 is 19.4 Å². The second-order valence-corrected chi connectivity index (χ2v) is 6.43. The lowest BCUT2D eigenvalue weighted by Crippen LogP contribution is -2.06. The normalized spacial score (nSPS) is 14.8. The Morgan fingerprint density at radius 2 is 1.35 bits per heavy atom. The van der Waals surface area contributed by atoms with Crippen LogP contribution in [-0.2, 0) is 9.24 Å². The molecule has 0 aliphatic heterocycles. The maximum absolute atomic E-state index is 10.8. The Bertz CT molecular complexity index is 209. The minimum atomic E-state index is -3.94. The van der Waals surface area contributed by atoms with E-state index in [0.29, 0.717) is 6.42 Å². The molecule has 0 aliphatic rings. The Labute approximate surface area is 105 Å². The van der Waals surface area contributed by atoms with Crippen molar-refractivity contribution >= 4 is 7.60 Å². The van der Waals surface area contributed by atoms with Crippen LogP contribution in [0.1, 0.15) is 71.1 Å². The quantitative estimate of drug-likeness (QED) is 0.251. The third-order valence-corrected chi connectivity index (χ3v) is 4.02. The summed E-state index contributed by atoms with van der Waals surface area (Å²) in [6.07, 6.45) is 11.5. The molecule has 0 aromatic rings.